The van der Waals surface area contributed by atoms with Crippen LogP contribution in [0, 0.1) is 0 Å². The van der Waals surface area contributed by atoms with Crippen molar-refractivity contribution in [1.29, 1.82) is 0 Å². The van der Waals surface area contributed by atoms with E-state index in [1.165, 1.54) is 6.42 Å². The van der Waals surface area contributed by atoms with E-state index >= 15 is 0 Å². The molecule has 106 valence electrons. The fourth-order valence-electron chi connectivity index (χ4n) is 3.18. The van der Waals surface area contributed by atoms with Crippen molar-refractivity contribution in [2.45, 2.75) is 24.7 Å². The Morgan fingerprint density at radius 3 is 2.76 bits per heavy atom. The van der Waals surface area contributed by atoms with E-state index in [0.29, 0.717) is 5.88 Å². The van der Waals surface area contributed by atoms with Crippen molar-refractivity contribution in [3.63, 3.8) is 0 Å². The molecule has 0 amide bonds. The molecule has 0 unspecified atom stereocenters. The van der Waals surface area contributed by atoms with Crippen LogP contribution in [0.25, 0.3) is 5.65 Å². The van der Waals surface area contributed by atoms with Crippen molar-refractivity contribution in [3.05, 3.63) is 54.1 Å². The third kappa shape index (κ3) is 1.73. The molecular weight excluding hydrogens is 264 g/mol. The van der Waals surface area contributed by atoms with Crippen LogP contribution in [-0.4, -0.2) is 26.7 Å². The number of aromatic nitrogens is 4. The summed E-state index contributed by atoms with van der Waals surface area (Å²) in [5.74, 6) is 0.696. The number of ether oxygens (including phenoxy) is 1. The number of methoxy groups -OCH3 is 1. The van der Waals surface area contributed by atoms with Gasteiger partial charge in [0.1, 0.15) is 0 Å². The van der Waals surface area contributed by atoms with Gasteiger partial charge in [0.25, 0.3) is 0 Å². The molecule has 0 spiro atoms. The Hall–Kier alpha value is -2.43. The third-order valence-corrected chi connectivity index (χ3v) is 4.41. The van der Waals surface area contributed by atoms with E-state index in [2.05, 4.69) is 22.1 Å². The summed E-state index contributed by atoms with van der Waals surface area (Å²) in [7, 11) is 1.67. The van der Waals surface area contributed by atoms with Crippen LogP contribution in [0.2, 0.25) is 0 Å². The number of pyridine rings is 1. The molecule has 5 heteroatoms. The molecule has 3 heterocycles. The van der Waals surface area contributed by atoms with Gasteiger partial charge < -0.3 is 4.74 Å². The first kappa shape index (κ1) is 12.3. The van der Waals surface area contributed by atoms with Crippen molar-refractivity contribution in [1.82, 2.24) is 19.6 Å². The zero-order valence-corrected chi connectivity index (χ0v) is 11.9. The standard InChI is InChI=1S/C16H16N4O/c1-21-15-12(5-2-8-18-15)16(6-3-7-16)13-11-14-17-9-4-10-20(14)19-13/h2,4-5,8-11H,3,6-7H2,1H3. The van der Waals surface area contributed by atoms with Crippen LogP contribution in [0.3, 0.4) is 0 Å². The Labute approximate surface area is 122 Å². The topological polar surface area (TPSA) is 52.3 Å². The van der Waals surface area contributed by atoms with Crippen LogP contribution in [0.15, 0.2) is 42.9 Å². The van der Waals surface area contributed by atoms with E-state index in [9.17, 15) is 0 Å². The second kappa shape index (κ2) is 4.55. The summed E-state index contributed by atoms with van der Waals surface area (Å²) >= 11 is 0. The number of rotatable bonds is 3. The molecule has 0 saturated heterocycles. The first-order valence-corrected chi connectivity index (χ1v) is 7.14. The molecule has 3 aromatic heterocycles. The van der Waals surface area contributed by atoms with E-state index in [1.807, 2.05) is 22.8 Å². The summed E-state index contributed by atoms with van der Waals surface area (Å²) in [6.07, 6.45) is 8.81. The minimum Gasteiger partial charge on any atom is -0.481 e. The molecule has 1 saturated carbocycles. The molecule has 5 nitrogen and oxygen atoms in total. The van der Waals surface area contributed by atoms with Crippen LogP contribution >= 0.6 is 0 Å². The van der Waals surface area contributed by atoms with Crippen molar-refractivity contribution in [2.24, 2.45) is 0 Å². The molecule has 0 atom stereocenters. The maximum absolute atomic E-state index is 5.46. The summed E-state index contributed by atoms with van der Waals surface area (Å²) in [6.45, 7) is 0. The molecule has 1 aliphatic carbocycles. The average Bonchev–Trinajstić information content (AvgIpc) is 2.90. The average molecular weight is 280 g/mol. The summed E-state index contributed by atoms with van der Waals surface area (Å²) in [5, 5.41) is 4.73. The molecule has 1 fully saturated rings. The van der Waals surface area contributed by atoms with E-state index in [1.54, 1.807) is 19.5 Å². The smallest absolute Gasteiger partial charge is 0.217 e. The highest BCUT2D eigenvalue weighted by Crippen LogP contribution is 2.50. The predicted octanol–water partition coefficient (Wildman–Crippen LogP) is 2.60. The highest BCUT2D eigenvalue weighted by atomic mass is 16.5. The second-order valence-corrected chi connectivity index (χ2v) is 5.45. The normalized spacial score (nSPS) is 16.6. The molecule has 4 rings (SSSR count). The van der Waals surface area contributed by atoms with Crippen LogP contribution in [0.4, 0.5) is 0 Å². The van der Waals surface area contributed by atoms with Gasteiger partial charge in [-0.3, -0.25) is 0 Å². The molecule has 3 aromatic rings. The van der Waals surface area contributed by atoms with Crippen LogP contribution in [0.5, 0.6) is 5.88 Å². The van der Waals surface area contributed by atoms with Gasteiger partial charge in [0.15, 0.2) is 5.65 Å². The van der Waals surface area contributed by atoms with Gasteiger partial charge in [-0.1, -0.05) is 12.5 Å². The van der Waals surface area contributed by atoms with Gasteiger partial charge in [0.05, 0.1) is 12.8 Å². The monoisotopic (exact) mass is 280 g/mol. The Morgan fingerprint density at radius 1 is 1.19 bits per heavy atom. The highest BCUT2D eigenvalue weighted by molar-refractivity contribution is 5.49. The lowest BCUT2D eigenvalue weighted by atomic mass is 9.62. The Kier molecular flexibility index (Phi) is 2.67. The van der Waals surface area contributed by atoms with Gasteiger partial charge in [-0.25, -0.2) is 14.5 Å². The van der Waals surface area contributed by atoms with E-state index < -0.39 is 0 Å². The maximum atomic E-state index is 5.46. The molecular formula is C16H16N4O. The Morgan fingerprint density at radius 2 is 2.05 bits per heavy atom. The minimum absolute atomic E-state index is 0.0900. The lowest BCUT2D eigenvalue weighted by Gasteiger charge is -2.41. The number of nitrogens with zero attached hydrogens (tertiary/aromatic N) is 4. The summed E-state index contributed by atoms with van der Waals surface area (Å²) in [5.41, 5.74) is 2.97. The maximum Gasteiger partial charge on any atom is 0.217 e. The van der Waals surface area contributed by atoms with E-state index in [0.717, 1.165) is 29.7 Å². The summed E-state index contributed by atoms with van der Waals surface area (Å²) < 4.78 is 7.29. The Balaban J connectivity index is 1.90. The number of hydrogen-bond donors (Lipinski definition) is 0. The van der Waals surface area contributed by atoms with Gasteiger partial charge in [0.2, 0.25) is 5.88 Å². The van der Waals surface area contributed by atoms with Gasteiger partial charge >= 0.3 is 0 Å². The van der Waals surface area contributed by atoms with Crippen LogP contribution in [0.1, 0.15) is 30.5 Å². The molecule has 1 aliphatic rings. The molecule has 0 radical (unpaired) electrons. The van der Waals surface area contributed by atoms with Crippen LogP contribution < -0.4 is 4.74 Å². The fraction of sp³-hybridized carbons (Fsp3) is 0.312. The van der Waals surface area contributed by atoms with Gasteiger partial charge in [0, 0.05) is 35.6 Å². The number of fused-ring (bicyclic) bond motifs is 1. The molecule has 0 N–H and O–H groups in total. The predicted molar refractivity (Wildman–Crippen MR) is 78.4 cm³/mol. The number of hydrogen-bond acceptors (Lipinski definition) is 4. The zero-order valence-electron chi connectivity index (χ0n) is 11.9. The van der Waals surface area contributed by atoms with Gasteiger partial charge in [-0.15, -0.1) is 0 Å². The summed E-state index contributed by atoms with van der Waals surface area (Å²) in [4.78, 5) is 8.72. The van der Waals surface area contributed by atoms with Crippen molar-refractivity contribution >= 4 is 5.65 Å². The van der Waals surface area contributed by atoms with Gasteiger partial charge in [-0.2, -0.15) is 5.10 Å². The quantitative estimate of drug-likeness (QED) is 0.740. The first-order valence-electron chi connectivity index (χ1n) is 7.14. The van der Waals surface area contributed by atoms with Crippen molar-refractivity contribution < 1.29 is 4.74 Å². The van der Waals surface area contributed by atoms with E-state index in [4.69, 9.17) is 9.84 Å². The van der Waals surface area contributed by atoms with E-state index in [-0.39, 0.29) is 5.41 Å². The summed E-state index contributed by atoms with van der Waals surface area (Å²) in [6, 6.07) is 8.03. The van der Waals surface area contributed by atoms with Crippen molar-refractivity contribution in [3.8, 4) is 5.88 Å². The first-order chi connectivity index (χ1) is 10.3. The minimum atomic E-state index is -0.0900. The largest absolute Gasteiger partial charge is 0.481 e. The SMILES string of the molecule is COc1ncccc1C1(c2cc3ncccn3n2)CCC1. The molecule has 0 aromatic carbocycles. The second-order valence-electron chi connectivity index (χ2n) is 5.45. The third-order valence-electron chi connectivity index (χ3n) is 4.41. The molecule has 0 aliphatic heterocycles. The molecule has 0 bridgehead atoms. The van der Waals surface area contributed by atoms with Crippen LogP contribution in [-0.2, 0) is 5.41 Å². The lowest BCUT2D eigenvalue weighted by molar-refractivity contribution is 0.276. The highest BCUT2D eigenvalue weighted by Gasteiger charge is 2.44. The zero-order chi connectivity index (χ0) is 14.3. The Bertz CT molecular complexity index is 759. The van der Waals surface area contributed by atoms with Crippen molar-refractivity contribution in [2.75, 3.05) is 7.11 Å². The lowest BCUT2D eigenvalue weighted by Crippen LogP contribution is -2.36. The van der Waals surface area contributed by atoms with Gasteiger partial charge in [-0.05, 0) is 25.0 Å². The molecule has 21 heavy (non-hydrogen) atoms. The fourth-order valence-corrected chi connectivity index (χ4v) is 3.18.